The van der Waals surface area contributed by atoms with Gasteiger partial charge in [0.1, 0.15) is 11.7 Å². The topological polar surface area (TPSA) is 102 Å². The zero-order valence-electron chi connectivity index (χ0n) is 17.9. The number of halogens is 1. The number of anilines is 1. The monoisotopic (exact) mass is 458 g/mol. The lowest BCUT2D eigenvalue weighted by Crippen LogP contribution is -2.35. The van der Waals surface area contributed by atoms with Crippen LogP contribution in [0.15, 0.2) is 36.4 Å². The Morgan fingerprint density at radius 3 is 2.50 bits per heavy atom. The van der Waals surface area contributed by atoms with E-state index in [1.54, 1.807) is 24.3 Å². The number of hydrogen-bond donors (Lipinski definition) is 1. The van der Waals surface area contributed by atoms with Gasteiger partial charge in [0.2, 0.25) is 5.91 Å². The number of ketones is 1. The van der Waals surface area contributed by atoms with Gasteiger partial charge in [-0.05, 0) is 43.7 Å². The molecule has 2 aromatic carbocycles. The molecule has 0 spiro atoms. The number of nitrogens with zero attached hydrogens (tertiary/aromatic N) is 1. The third-order valence-corrected chi connectivity index (χ3v) is 5.25. The summed E-state index contributed by atoms with van der Waals surface area (Å²) < 4.78 is 10.9. The molecule has 2 aromatic rings. The molecule has 0 unspecified atom stereocenters. The van der Waals surface area contributed by atoms with Gasteiger partial charge in [0.25, 0.3) is 11.8 Å². The Bertz CT molecular complexity index is 1080. The van der Waals surface area contributed by atoms with Crippen LogP contribution in [-0.4, -0.2) is 48.0 Å². The number of imide groups is 1. The Hall–Kier alpha value is -3.39. The molecule has 0 fully saturated rings. The van der Waals surface area contributed by atoms with E-state index in [2.05, 4.69) is 5.32 Å². The van der Waals surface area contributed by atoms with E-state index in [1.807, 2.05) is 6.92 Å². The summed E-state index contributed by atoms with van der Waals surface area (Å²) in [7, 11) is 1.51. The minimum absolute atomic E-state index is 0.0723. The van der Waals surface area contributed by atoms with Crippen LogP contribution in [0.4, 0.5) is 5.69 Å². The van der Waals surface area contributed by atoms with Gasteiger partial charge in [0.15, 0.2) is 11.5 Å². The number of ether oxygens (including phenoxy) is 2. The van der Waals surface area contributed by atoms with Crippen LogP contribution in [-0.2, 0) is 9.59 Å². The summed E-state index contributed by atoms with van der Waals surface area (Å²) in [6, 6.07) is 8.76. The second kappa shape index (κ2) is 9.82. The van der Waals surface area contributed by atoms with Gasteiger partial charge in [0.05, 0.1) is 36.6 Å². The lowest BCUT2D eigenvalue weighted by atomic mass is 9.99. The number of fused-ring (bicyclic) bond motifs is 1. The Labute approximate surface area is 190 Å². The third-order valence-electron chi connectivity index (χ3n) is 5.01. The molecule has 0 saturated carbocycles. The van der Waals surface area contributed by atoms with Gasteiger partial charge in [-0.3, -0.25) is 24.1 Å². The largest absolute Gasteiger partial charge is 0.493 e. The Balaban J connectivity index is 2.07. The molecule has 0 aromatic heterocycles. The molecule has 1 aliphatic heterocycles. The maximum atomic E-state index is 13.4. The summed E-state index contributed by atoms with van der Waals surface area (Å²) in [5.41, 5.74) is 0.961. The molecule has 0 aliphatic carbocycles. The van der Waals surface area contributed by atoms with Crippen LogP contribution in [0.1, 0.15) is 52.6 Å². The molecule has 8 nitrogen and oxygen atoms in total. The van der Waals surface area contributed by atoms with Crippen molar-refractivity contribution in [1.82, 2.24) is 4.90 Å². The van der Waals surface area contributed by atoms with Crippen LogP contribution in [0.3, 0.4) is 0 Å². The molecule has 32 heavy (non-hydrogen) atoms. The van der Waals surface area contributed by atoms with Gasteiger partial charge in [-0.25, -0.2) is 0 Å². The van der Waals surface area contributed by atoms with Gasteiger partial charge in [-0.2, -0.15) is 0 Å². The lowest BCUT2D eigenvalue weighted by molar-refractivity contribution is -0.118. The summed E-state index contributed by atoms with van der Waals surface area (Å²) in [5, 5.41) is 2.55. The number of benzene rings is 2. The molecule has 3 amide bonds. The second-order valence-electron chi connectivity index (χ2n) is 7.16. The molecular formula is C23H23ClN2O6. The smallest absolute Gasteiger partial charge is 0.264 e. The summed E-state index contributed by atoms with van der Waals surface area (Å²) in [6.07, 6.45) is -0.0767. The van der Waals surface area contributed by atoms with E-state index in [1.165, 1.54) is 26.2 Å². The molecule has 1 atom stereocenters. The standard InChI is InChI=1S/C23H23ClN2O6/c1-4-32-19-11-14(8-9-18(19)31-3)17(10-13(2)27)26-22(29)15-6-5-7-16(21(15)23(26)30)25-20(28)12-24/h5-9,11,17H,4,10,12H2,1-3H3,(H,25,28)/t17-/m1/s1. The number of carbonyl (C=O) groups excluding carboxylic acids is 4. The number of Topliss-reactive ketones (excluding diaryl/α,β-unsaturated/α-hetero) is 1. The van der Waals surface area contributed by atoms with Gasteiger partial charge in [0, 0.05) is 6.42 Å². The number of hydrogen-bond acceptors (Lipinski definition) is 6. The molecule has 0 bridgehead atoms. The summed E-state index contributed by atoms with van der Waals surface area (Å²) >= 11 is 5.57. The van der Waals surface area contributed by atoms with Gasteiger partial charge < -0.3 is 14.8 Å². The number of nitrogens with one attached hydrogen (secondary N) is 1. The van der Waals surface area contributed by atoms with E-state index in [-0.39, 0.29) is 34.9 Å². The van der Waals surface area contributed by atoms with Crippen molar-refractivity contribution in [2.75, 3.05) is 24.9 Å². The highest BCUT2D eigenvalue weighted by atomic mass is 35.5. The Morgan fingerprint density at radius 1 is 1.12 bits per heavy atom. The van der Waals surface area contributed by atoms with Crippen LogP contribution in [0, 0.1) is 0 Å². The molecule has 0 radical (unpaired) electrons. The number of methoxy groups -OCH3 is 1. The highest BCUT2D eigenvalue weighted by Crippen LogP contribution is 2.39. The van der Waals surface area contributed by atoms with Crippen LogP contribution < -0.4 is 14.8 Å². The van der Waals surface area contributed by atoms with Crippen molar-refractivity contribution in [1.29, 1.82) is 0 Å². The van der Waals surface area contributed by atoms with Crippen molar-refractivity contribution in [2.45, 2.75) is 26.3 Å². The SMILES string of the molecule is CCOc1cc([C@@H](CC(C)=O)N2C(=O)c3cccc(NC(=O)CCl)c3C2=O)ccc1OC. The van der Waals surface area contributed by atoms with Gasteiger partial charge in [-0.15, -0.1) is 11.6 Å². The maximum Gasteiger partial charge on any atom is 0.264 e. The Morgan fingerprint density at radius 2 is 1.88 bits per heavy atom. The molecule has 168 valence electrons. The van der Waals surface area contributed by atoms with E-state index >= 15 is 0 Å². The number of rotatable bonds is 9. The first-order chi connectivity index (χ1) is 15.3. The zero-order chi connectivity index (χ0) is 23.4. The van der Waals surface area contributed by atoms with Crippen molar-refractivity contribution < 1.29 is 28.7 Å². The van der Waals surface area contributed by atoms with Crippen LogP contribution in [0.25, 0.3) is 0 Å². The number of carbonyl (C=O) groups is 4. The number of amides is 3. The fraction of sp³-hybridized carbons (Fsp3) is 0.304. The average molecular weight is 459 g/mol. The van der Waals surface area contributed by atoms with Crippen LogP contribution >= 0.6 is 11.6 Å². The van der Waals surface area contributed by atoms with Gasteiger partial charge in [-0.1, -0.05) is 12.1 Å². The van der Waals surface area contributed by atoms with E-state index < -0.39 is 23.8 Å². The fourth-order valence-corrected chi connectivity index (χ4v) is 3.74. The van der Waals surface area contributed by atoms with Crippen molar-refractivity contribution in [3.8, 4) is 11.5 Å². The minimum Gasteiger partial charge on any atom is -0.493 e. The number of alkyl halides is 1. The first-order valence-corrected chi connectivity index (χ1v) is 10.5. The zero-order valence-corrected chi connectivity index (χ0v) is 18.7. The molecule has 9 heteroatoms. The molecule has 1 heterocycles. The Kier molecular flexibility index (Phi) is 7.15. The minimum atomic E-state index is -0.860. The average Bonchev–Trinajstić information content (AvgIpc) is 3.03. The summed E-state index contributed by atoms with van der Waals surface area (Å²) in [4.78, 5) is 51.5. The van der Waals surface area contributed by atoms with E-state index in [0.29, 0.717) is 23.7 Å². The first kappa shape index (κ1) is 23.3. The first-order valence-electron chi connectivity index (χ1n) is 9.99. The van der Waals surface area contributed by atoms with Gasteiger partial charge >= 0.3 is 0 Å². The quantitative estimate of drug-likeness (QED) is 0.455. The van der Waals surface area contributed by atoms with Crippen molar-refractivity contribution >= 4 is 40.8 Å². The highest BCUT2D eigenvalue weighted by molar-refractivity contribution is 6.30. The van der Waals surface area contributed by atoms with E-state index in [4.69, 9.17) is 21.1 Å². The van der Waals surface area contributed by atoms with Crippen molar-refractivity contribution in [2.24, 2.45) is 0 Å². The van der Waals surface area contributed by atoms with Crippen molar-refractivity contribution in [3.05, 3.63) is 53.1 Å². The highest BCUT2D eigenvalue weighted by Gasteiger charge is 2.42. The molecule has 1 N–H and O–H groups in total. The van der Waals surface area contributed by atoms with E-state index in [9.17, 15) is 19.2 Å². The summed E-state index contributed by atoms with van der Waals surface area (Å²) in [6.45, 7) is 3.60. The molecule has 3 rings (SSSR count). The van der Waals surface area contributed by atoms with Crippen LogP contribution in [0.5, 0.6) is 11.5 Å². The third kappa shape index (κ3) is 4.45. The van der Waals surface area contributed by atoms with Crippen LogP contribution in [0.2, 0.25) is 0 Å². The maximum absolute atomic E-state index is 13.4. The van der Waals surface area contributed by atoms with E-state index in [0.717, 1.165) is 4.90 Å². The molecule has 1 aliphatic rings. The van der Waals surface area contributed by atoms with Crippen molar-refractivity contribution in [3.63, 3.8) is 0 Å². The molecular weight excluding hydrogens is 436 g/mol. The predicted molar refractivity (Wildman–Crippen MR) is 118 cm³/mol. The normalized spacial score (nSPS) is 13.6. The lowest BCUT2D eigenvalue weighted by Gasteiger charge is -2.26. The predicted octanol–water partition coefficient (Wildman–Crippen LogP) is 3.59. The fourth-order valence-electron chi connectivity index (χ4n) is 3.67. The second-order valence-corrected chi connectivity index (χ2v) is 7.42. The molecule has 0 saturated heterocycles. The summed E-state index contributed by atoms with van der Waals surface area (Å²) in [5.74, 6) is -1.22.